The number of aromatic nitrogens is 1. The summed E-state index contributed by atoms with van der Waals surface area (Å²) < 4.78 is 0. The first-order valence-corrected chi connectivity index (χ1v) is 7.33. The summed E-state index contributed by atoms with van der Waals surface area (Å²) in [6, 6.07) is 4.29. The second-order valence-electron chi connectivity index (χ2n) is 4.58. The van der Waals surface area contributed by atoms with Crippen LogP contribution in [0.15, 0.2) is 18.3 Å². The van der Waals surface area contributed by atoms with Crippen LogP contribution in [0.5, 0.6) is 0 Å². The molecule has 1 saturated heterocycles. The molecule has 0 amide bonds. The molecule has 1 fully saturated rings. The van der Waals surface area contributed by atoms with E-state index in [2.05, 4.69) is 35.9 Å². The van der Waals surface area contributed by atoms with Gasteiger partial charge in [-0.05, 0) is 18.6 Å². The van der Waals surface area contributed by atoms with E-state index in [1.807, 2.05) is 18.0 Å². The highest BCUT2D eigenvalue weighted by Crippen LogP contribution is 2.24. The van der Waals surface area contributed by atoms with Crippen molar-refractivity contribution in [2.45, 2.75) is 31.6 Å². The number of hydrogen-bond donors (Lipinski definition) is 1. The van der Waals surface area contributed by atoms with E-state index >= 15 is 0 Å². The van der Waals surface area contributed by atoms with E-state index in [-0.39, 0.29) is 6.04 Å². The third-order valence-electron chi connectivity index (χ3n) is 3.20. The van der Waals surface area contributed by atoms with Gasteiger partial charge < -0.3 is 10.6 Å². The summed E-state index contributed by atoms with van der Waals surface area (Å²) in [4.78, 5) is 6.89. The van der Waals surface area contributed by atoms with Gasteiger partial charge in [-0.2, -0.15) is 11.8 Å². The van der Waals surface area contributed by atoms with Crippen LogP contribution in [-0.2, 0) is 0 Å². The van der Waals surface area contributed by atoms with E-state index in [0.29, 0.717) is 5.25 Å². The standard InChI is InChI=1S/C13H21N3S/c1-3-12(14)13-5-4-11(8-15-13)16-6-7-17-10(2)9-16/h4-5,8,10,12H,3,6-7,9,14H2,1-2H3/t10?,12-/m0/s1. The molecule has 0 saturated carbocycles. The second kappa shape index (κ2) is 5.74. The molecular formula is C13H21N3S. The highest BCUT2D eigenvalue weighted by molar-refractivity contribution is 8.00. The minimum absolute atomic E-state index is 0.0693. The number of nitrogens with two attached hydrogens (primary N) is 1. The summed E-state index contributed by atoms with van der Waals surface area (Å²) in [5, 5.41) is 0.710. The summed E-state index contributed by atoms with van der Waals surface area (Å²) in [7, 11) is 0. The Bertz CT molecular complexity index is 352. The first-order chi connectivity index (χ1) is 8.20. The fourth-order valence-electron chi connectivity index (χ4n) is 2.07. The van der Waals surface area contributed by atoms with Gasteiger partial charge in [0, 0.05) is 30.1 Å². The molecule has 0 spiro atoms. The SMILES string of the molecule is CC[C@H](N)c1ccc(N2CCSC(C)C2)cn1. The zero-order chi connectivity index (χ0) is 12.3. The van der Waals surface area contributed by atoms with Crippen LogP contribution in [0, 0.1) is 0 Å². The van der Waals surface area contributed by atoms with Gasteiger partial charge >= 0.3 is 0 Å². The molecule has 2 heterocycles. The van der Waals surface area contributed by atoms with Crippen molar-refractivity contribution in [3.05, 3.63) is 24.0 Å². The third-order valence-corrected chi connectivity index (χ3v) is 4.33. The van der Waals surface area contributed by atoms with Gasteiger partial charge in [0.1, 0.15) is 0 Å². The van der Waals surface area contributed by atoms with Crippen molar-refractivity contribution in [2.24, 2.45) is 5.73 Å². The first kappa shape index (κ1) is 12.7. The van der Waals surface area contributed by atoms with Crippen molar-refractivity contribution in [3.63, 3.8) is 0 Å². The van der Waals surface area contributed by atoms with E-state index in [9.17, 15) is 0 Å². The van der Waals surface area contributed by atoms with Gasteiger partial charge in [0.2, 0.25) is 0 Å². The van der Waals surface area contributed by atoms with Crippen LogP contribution in [0.4, 0.5) is 5.69 Å². The average Bonchev–Trinajstić information content (AvgIpc) is 2.38. The lowest BCUT2D eigenvalue weighted by Gasteiger charge is -2.32. The summed E-state index contributed by atoms with van der Waals surface area (Å²) in [6.45, 7) is 6.61. The number of thioether (sulfide) groups is 1. The van der Waals surface area contributed by atoms with Gasteiger partial charge in [-0.1, -0.05) is 13.8 Å². The maximum Gasteiger partial charge on any atom is 0.0572 e. The maximum absolute atomic E-state index is 5.97. The molecule has 94 valence electrons. The Morgan fingerprint density at radius 1 is 1.59 bits per heavy atom. The van der Waals surface area contributed by atoms with Crippen LogP contribution in [-0.4, -0.2) is 29.1 Å². The summed E-state index contributed by atoms with van der Waals surface area (Å²) in [5.74, 6) is 1.21. The Morgan fingerprint density at radius 2 is 2.41 bits per heavy atom. The van der Waals surface area contributed by atoms with Crippen LogP contribution in [0.1, 0.15) is 32.0 Å². The van der Waals surface area contributed by atoms with Crippen molar-refractivity contribution in [1.82, 2.24) is 4.98 Å². The lowest BCUT2D eigenvalue weighted by molar-refractivity contribution is 0.674. The lowest BCUT2D eigenvalue weighted by Crippen LogP contribution is -2.36. The molecule has 1 aromatic rings. The molecule has 0 bridgehead atoms. The van der Waals surface area contributed by atoms with Crippen LogP contribution in [0.25, 0.3) is 0 Å². The smallest absolute Gasteiger partial charge is 0.0572 e. The van der Waals surface area contributed by atoms with E-state index in [1.54, 1.807) is 0 Å². The predicted octanol–water partition coefficient (Wildman–Crippen LogP) is 2.43. The van der Waals surface area contributed by atoms with Gasteiger partial charge in [0.15, 0.2) is 0 Å². The Balaban J connectivity index is 2.06. The first-order valence-electron chi connectivity index (χ1n) is 6.28. The van der Waals surface area contributed by atoms with Crippen molar-refractivity contribution in [1.29, 1.82) is 0 Å². The highest BCUT2D eigenvalue weighted by Gasteiger charge is 2.17. The quantitative estimate of drug-likeness (QED) is 0.896. The fourth-order valence-corrected chi connectivity index (χ4v) is 3.08. The van der Waals surface area contributed by atoms with Gasteiger partial charge in [-0.25, -0.2) is 0 Å². The molecule has 3 nitrogen and oxygen atoms in total. The zero-order valence-electron chi connectivity index (χ0n) is 10.6. The largest absolute Gasteiger partial charge is 0.368 e. The lowest BCUT2D eigenvalue weighted by atomic mass is 10.1. The molecular weight excluding hydrogens is 230 g/mol. The molecule has 0 radical (unpaired) electrons. The second-order valence-corrected chi connectivity index (χ2v) is 6.13. The number of anilines is 1. The molecule has 2 N–H and O–H groups in total. The number of pyridine rings is 1. The Morgan fingerprint density at radius 3 is 3.00 bits per heavy atom. The van der Waals surface area contributed by atoms with E-state index in [0.717, 1.165) is 25.2 Å². The third kappa shape index (κ3) is 3.13. The van der Waals surface area contributed by atoms with Crippen LogP contribution in [0.3, 0.4) is 0 Å². The molecule has 0 aromatic carbocycles. The van der Waals surface area contributed by atoms with E-state index < -0.39 is 0 Å². The normalized spacial score (nSPS) is 22.5. The Labute approximate surface area is 108 Å². The monoisotopic (exact) mass is 251 g/mol. The van der Waals surface area contributed by atoms with Crippen molar-refractivity contribution in [3.8, 4) is 0 Å². The highest BCUT2D eigenvalue weighted by atomic mass is 32.2. The number of hydrogen-bond acceptors (Lipinski definition) is 4. The molecule has 1 unspecified atom stereocenters. The Kier molecular flexibility index (Phi) is 4.29. The molecule has 2 atom stereocenters. The van der Waals surface area contributed by atoms with Crippen molar-refractivity contribution < 1.29 is 0 Å². The molecule has 0 aliphatic carbocycles. The van der Waals surface area contributed by atoms with Crippen molar-refractivity contribution in [2.75, 3.05) is 23.7 Å². The summed E-state index contributed by atoms with van der Waals surface area (Å²) in [5.41, 5.74) is 8.19. The van der Waals surface area contributed by atoms with Crippen LogP contribution < -0.4 is 10.6 Å². The molecule has 2 rings (SSSR count). The van der Waals surface area contributed by atoms with Gasteiger partial charge in [-0.15, -0.1) is 0 Å². The van der Waals surface area contributed by atoms with Gasteiger partial charge in [-0.3, -0.25) is 4.98 Å². The molecule has 4 heteroatoms. The molecule has 1 aliphatic rings. The van der Waals surface area contributed by atoms with Gasteiger partial charge in [0.05, 0.1) is 17.6 Å². The van der Waals surface area contributed by atoms with Gasteiger partial charge in [0.25, 0.3) is 0 Å². The summed E-state index contributed by atoms with van der Waals surface area (Å²) >= 11 is 2.05. The zero-order valence-corrected chi connectivity index (χ0v) is 11.4. The molecule has 1 aliphatic heterocycles. The molecule has 17 heavy (non-hydrogen) atoms. The van der Waals surface area contributed by atoms with E-state index in [1.165, 1.54) is 11.4 Å². The average molecular weight is 251 g/mol. The van der Waals surface area contributed by atoms with Crippen LogP contribution in [0.2, 0.25) is 0 Å². The summed E-state index contributed by atoms with van der Waals surface area (Å²) in [6.07, 6.45) is 2.90. The predicted molar refractivity (Wildman–Crippen MR) is 75.6 cm³/mol. The number of rotatable bonds is 3. The van der Waals surface area contributed by atoms with Crippen LogP contribution >= 0.6 is 11.8 Å². The maximum atomic E-state index is 5.97. The molecule has 1 aromatic heterocycles. The number of nitrogens with zero attached hydrogens (tertiary/aromatic N) is 2. The van der Waals surface area contributed by atoms with E-state index in [4.69, 9.17) is 5.73 Å². The minimum Gasteiger partial charge on any atom is -0.368 e. The van der Waals surface area contributed by atoms with Crippen molar-refractivity contribution >= 4 is 17.4 Å². The minimum atomic E-state index is 0.0693. The fraction of sp³-hybridized carbons (Fsp3) is 0.615. The Hall–Kier alpha value is -0.740. The topological polar surface area (TPSA) is 42.1 Å².